The molecule has 0 radical (unpaired) electrons. The number of hydrogen-bond donors (Lipinski definition) is 0. The summed E-state index contributed by atoms with van der Waals surface area (Å²) in [5, 5.41) is 3.23. The van der Waals surface area contributed by atoms with Crippen LogP contribution in [0.1, 0.15) is 41.9 Å². The van der Waals surface area contributed by atoms with Crippen molar-refractivity contribution in [2.45, 2.75) is 45.1 Å². The number of likely N-dealkylation sites (tertiary alicyclic amines) is 2. The fourth-order valence-electron chi connectivity index (χ4n) is 4.24. The van der Waals surface area contributed by atoms with E-state index < -0.39 is 0 Å². The van der Waals surface area contributed by atoms with Crippen LogP contribution < -0.4 is 0 Å². The molecule has 2 aliphatic heterocycles. The van der Waals surface area contributed by atoms with Crippen molar-refractivity contribution in [2.24, 2.45) is 5.92 Å². The molecule has 1 aromatic heterocycles. The summed E-state index contributed by atoms with van der Waals surface area (Å²) in [6.07, 6.45) is 6.42. The fourth-order valence-corrected chi connectivity index (χ4v) is 5.07. The van der Waals surface area contributed by atoms with Gasteiger partial charge in [-0.25, -0.2) is 4.98 Å². The van der Waals surface area contributed by atoms with Gasteiger partial charge >= 0.3 is 0 Å². The lowest BCUT2D eigenvalue weighted by molar-refractivity contribution is -0.131. The van der Waals surface area contributed by atoms with Crippen LogP contribution in [0.4, 0.5) is 0 Å². The van der Waals surface area contributed by atoms with Gasteiger partial charge in [0, 0.05) is 18.5 Å². The van der Waals surface area contributed by atoms with E-state index >= 15 is 0 Å². The summed E-state index contributed by atoms with van der Waals surface area (Å²) in [6, 6.07) is 10.7. The number of aromatic nitrogens is 1. The molecule has 0 N–H and O–H groups in total. The van der Waals surface area contributed by atoms with Gasteiger partial charge in [0.2, 0.25) is 5.91 Å². The molecule has 0 unspecified atom stereocenters. The normalized spacial score (nSPS) is 18.9. The van der Waals surface area contributed by atoms with Crippen molar-refractivity contribution in [1.29, 1.82) is 0 Å². The van der Waals surface area contributed by atoms with E-state index in [9.17, 15) is 4.79 Å². The lowest BCUT2D eigenvalue weighted by atomic mass is 9.90. The average molecular weight is 384 g/mol. The van der Waals surface area contributed by atoms with Crippen LogP contribution in [-0.2, 0) is 24.2 Å². The molecule has 2 fully saturated rings. The number of rotatable bonds is 6. The van der Waals surface area contributed by atoms with Gasteiger partial charge in [0.25, 0.3) is 0 Å². The summed E-state index contributed by atoms with van der Waals surface area (Å²) in [7, 11) is 0. The van der Waals surface area contributed by atoms with E-state index in [1.54, 1.807) is 11.3 Å². The van der Waals surface area contributed by atoms with Gasteiger partial charge in [-0.15, -0.1) is 11.3 Å². The number of carbonyl (C=O) groups is 1. The van der Waals surface area contributed by atoms with Crippen LogP contribution in [0.25, 0.3) is 0 Å². The number of benzene rings is 1. The summed E-state index contributed by atoms with van der Waals surface area (Å²) in [6.45, 7) is 5.10. The first-order valence-electron chi connectivity index (χ1n) is 10.2. The second kappa shape index (κ2) is 8.98. The van der Waals surface area contributed by atoms with Crippen molar-refractivity contribution >= 4 is 17.2 Å². The van der Waals surface area contributed by atoms with Gasteiger partial charge in [0.15, 0.2) is 0 Å². The zero-order valence-electron chi connectivity index (χ0n) is 16.0. The van der Waals surface area contributed by atoms with Crippen molar-refractivity contribution in [1.82, 2.24) is 14.8 Å². The van der Waals surface area contributed by atoms with Crippen molar-refractivity contribution in [3.05, 3.63) is 52.0 Å². The Balaban J connectivity index is 1.23. The number of hydrogen-bond acceptors (Lipinski definition) is 4. The maximum absolute atomic E-state index is 12.7. The Hall–Kier alpha value is -1.72. The molecule has 27 heavy (non-hydrogen) atoms. The maximum Gasteiger partial charge on any atom is 0.228 e. The van der Waals surface area contributed by atoms with Gasteiger partial charge < -0.3 is 4.90 Å². The molecular formula is C22H29N3OS. The predicted molar refractivity (Wildman–Crippen MR) is 110 cm³/mol. The Morgan fingerprint density at radius 1 is 1.07 bits per heavy atom. The van der Waals surface area contributed by atoms with Gasteiger partial charge in [-0.3, -0.25) is 9.69 Å². The van der Waals surface area contributed by atoms with Crippen LogP contribution in [0.15, 0.2) is 35.7 Å². The van der Waals surface area contributed by atoms with Gasteiger partial charge in [0.05, 0.1) is 18.7 Å². The highest BCUT2D eigenvalue weighted by atomic mass is 32.1. The van der Waals surface area contributed by atoms with E-state index in [0.29, 0.717) is 12.3 Å². The summed E-state index contributed by atoms with van der Waals surface area (Å²) in [5.41, 5.74) is 2.36. The van der Waals surface area contributed by atoms with Gasteiger partial charge in [-0.1, -0.05) is 30.3 Å². The van der Waals surface area contributed by atoms with E-state index in [0.717, 1.165) is 49.6 Å². The first-order chi connectivity index (χ1) is 13.3. The van der Waals surface area contributed by atoms with E-state index in [1.807, 2.05) is 4.90 Å². The van der Waals surface area contributed by atoms with Crippen molar-refractivity contribution < 1.29 is 4.79 Å². The van der Waals surface area contributed by atoms with Crippen molar-refractivity contribution in [3.8, 4) is 0 Å². The SMILES string of the molecule is O=C(Cc1csc(CN2CCCC2)n1)N1CCC(Cc2ccccc2)CC1. The average Bonchev–Trinajstić information content (AvgIpc) is 3.36. The minimum absolute atomic E-state index is 0.242. The Morgan fingerprint density at radius 3 is 2.56 bits per heavy atom. The summed E-state index contributed by atoms with van der Waals surface area (Å²) < 4.78 is 0. The second-order valence-electron chi connectivity index (χ2n) is 7.91. The first kappa shape index (κ1) is 18.6. The first-order valence-corrected chi connectivity index (χ1v) is 11.1. The molecule has 0 spiro atoms. The molecule has 1 amide bonds. The third-order valence-electron chi connectivity index (χ3n) is 5.82. The van der Waals surface area contributed by atoms with Crippen LogP contribution >= 0.6 is 11.3 Å². The standard InChI is InChI=1S/C22H29N3OS/c26-22(15-20-17-27-21(23-20)16-24-10-4-5-11-24)25-12-8-19(9-13-25)14-18-6-2-1-3-7-18/h1-3,6-7,17,19H,4-5,8-16H2. The molecule has 0 saturated carbocycles. The highest BCUT2D eigenvalue weighted by Gasteiger charge is 2.23. The van der Waals surface area contributed by atoms with Crippen LogP contribution in [-0.4, -0.2) is 46.9 Å². The molecule has 2 aliphatic rings. The lowest BCUT2D eigenvalue weighted by Gasteiger charge is -2.32. The topological polar surface area (TPSA) is 36.4 Å². The molecule has 0 bridgehead atoms. The molecule has 3 heterocycles. The van der Waals surface area contributed by atoms with Crippen molar-refractivity contribution in [3.63, 3.8) is 0 Å². The molecular weight excluding hydrogens is 354 g/mol. The third-order valence-corrected chi connectivity index (χ3v) is 6.71. The number of amides is 1. The molecule has 2 saturated heterocycles. The molecule has 144 valence electrons. The Kier molecular flexibility index (Phi) is 6.20. The van der Waals surface area contributed by atoms with Gasteiger partial charge in [0.1, 0.15) is 5.01 Å². The Morgan fingerprint density at radius 2 is 1.81 bits per heavy atom. The molecule has 0 aliphatic carbocycles. The van der Waals surface area contributed by atoms with Gasteiger partial charge in [-0.05, 0) is 56.7 Å². The molecule has 0 atom stereocenters. The highest BCUT2D eigenvalue weighted by molar-refractivity contribution is 7.09. The summed E-state index contributed by atoms with van der Waals surface area (Å²) >= 11 is 1.70. The number of carbonyl (C=O) groups excluding carboxylic acids is 1. The largest absolute Gasteiger partial charge is 0.342 e. The van der Waals surface area contributed by atoms with Crippen LogP contribution in [0.2, 0.25) is 0 Å². The van der Waals surface area contributed by atoms with Crippen LogP contribution in [0.5, 0.6) is 0 Å². The van der Waals surface area contributed by atoms with Crippen LogP contribution in [0, 0.1) is 5.92 Å². The second-order valence-corrected chi connectivity index (χ2v) is 8.85. The molecule has 4 nitrogen and oxygen atoms in total. The lowest BCUT2D eigenvalue weighted by Crippen LogP contribution is -2.39. The Labute approximate surface area is 166 Å². The quantitative estimate of drug-likeness (QED) is 0.762. The molecule has 5 heteroatoms. The monoisotopic (exact) mass is 383 g/mol. The smallest absolute Gasteiger partial charge is 0.228 e. The van der Waals surface area contributed by atoms with E-state index in [1.165, 1.54) is 31.5 Å². The highest BCUT2D eigenvalue weighted by Crippen LogP contribution is 2.23. The maximum atomic E-state index is 12.7. The van der Waals surface area contributed by atoms with E-state index in [2.05, 4.69) is 40.6 Å². The number of thiazole rings is 1. The third kappa shape index (κ3) is 5.17. The van der Waals surface area contributed by atoms with Crippen molar-refractivity contribution in [2.75, 3.05) is 26.2 Å². The molecule has 4 rings (SSSR count). The number of piperidine rings is 1. The molecule has 2 aromatic rings. The predicted octanol–water partition coefficient (Wildman–Crippen LogP) is 3.76. The Bertz CT molecular complexity index is 731. The zero-order chi connectivity index (χ0) is 18.5. The van der Waals surface area contributed by atoms with E-state index in [4.69, 9.17) is 4.98 Å². The minimum atomic E-state index is 0.242. The summed E-state index contributed by atoms with van der Waals surface area (Å²) in [4.78, 5) is 21.9. The molecule has 1 aromatic carbocycles. The fraction of sp³-hybridized carbons (Fsp3) is 0.545. The number of nitrogens with zero attached hydrogens (tertiary/aromatic N) is 3. The van der Waals surface area contributed by atoms with Crippen LogP contribution in [0.3, 0.4) is 0 Å². The van der Waals surface area contributed by atoms with Gasteiger partial charge in [-0.2, -0.15) is 0 Å². The minimum Gasteiger partial charge on any atom is -0.342 e. The summed E-state index contributed by atoms with van der Waals surface area (Å²) in [5.74, 6) is 0.939. The van der Waals surface area contributed by atoms with E-state index in [-0.39, 0.29) is 5.91 Å². The zero-order valence-corrected chi connectivity index (χ0v) is 16.8.